The van der Waals surface area contributed by atoms with Crippen LogP contribution in [0.25, 0.3) is 10.9 Å². The van der Waals surface area contributed by atoms with Gasteiger partial charge in [-0.1, -0.05) is 0 Å². The third kappa shape index (κ3) is 4.78. The van der Waals surface area contributed by atoms with Crippen molar-refractivity contribution in [3.05, 3.63) is 71.3 Å². The number of benzene rings is 1. The van der Waals surface area contributed by atoms with Crippen molar-refractivity contribution in [1.82, 2.24) is 19.7 Å². The van der Waals surface area contributed by atoms with E-state index in [0.29, 0.717) is 22.0 Å². The van der Waals surface area contributed by atoms with E-state index in [1.165, 1.54) is 36.4 Å². The van der Waals surface area contributed by atoms with Crippen LogP contribution in [-0.2, 0) is 6.54 Å². The minimum atomic E-state index is -3.29. The number of aromatic nitrogens is 4. The molecule has 0 radical (unpaired) electrons. The second-order valence-corrected chi connectivity index (χ2v) is 7.16. The molecule has 1 atom stereocenters. The van der Waals surface area contributed by atoms with Crippen molar-refractivity contribution in [2.75, 3.05) is 5.32 Å². The number of nitrogens with zero attached hydrogens (tertiary/aromatic N) is 3. The fourth-order valence-corrected chi connectivity index (χ4v) is 3.16. The topological polar surface area (TPSA) is 84.8 Å². The van der Waals surface area contributed by atoms with Gasteiger partial charge in [0.05, 0.1) is 29.5 Å². The van der Waals surface area contributed by atoms with E-state index in [1.807, 2.05) is 0 Å². The molecular formula is C21H16F5N5O2. The Morgan fingerprint density at radius 3 is 2.67 bits per heavy atom. The van der Waals surface area contributed by atoms with Crippen LogP contribution < -0.4 is 10.1 Å². The van der Waals surface area contributed by atoms with Crippen LogP contribution >= 0.6 is 0 Å². The molecule has 172 valence electrons. The fourth-order valence-electron chi connectivity index (χ4n) is 3.16. The molecule has 0 saturated heterocycles. The number of nitrogens with one attached hydrogen (secondary N) is 2. The first kappa shape index (κ1) is 22.2. The summed E-state index contributed by atoms with van der Waals surface area (Å²) in [4.78, 5) is 19.2. The highest BCUT2D eigenvalue weighted by molar-refractivity contribution is 6.08. The van der Waals surface area contributed by atoms with Gasteiger partial charge in [-0.25, -0.2) is 22.5 Å². The summed E-state index contributed by atoms with van der Waals surface area (Å²) in [7, 11) is 0. The Morgan fingerprint density at radius 2 is 1.94 bits per heavy atom. The number of carbonyl (C=O) groups is 1. The molecule has 0 aliphatic rings. The summed E-state index contributed by atoms with van der Waals surface area (Å²) in [5, 5.41) is 7.01. The Kier molecular flexibility index (Phi) is 5.99. The van der Waals surface area contributed by atoms with E-state index in [9.17, 15) is 26.7 Å². The quantitative estimate of drug-likeness (QED) is 0.391. The van der Waals surface area contributed by atoms with Crippen molar-refractivity contribution < 1.29 is 31.5 Å². The van der Waals surface area contributed by atoms with Crippen molar-refractivity contribution in [3.63, 3.8) is 0 Å². The van der Waals surface area contributed by atoms with Crippen molar-refractivity contribution in [2.45, 2.75) is 26.3 Å². The van der Waals surface area contributed by atoms with E-state index < -0.39 is 30.3 Å². The van der Waals surface area contributed by atoms with Crippen molar-refractivity contribution in [2.24, 2.45) is 0 Å². The molecule has 7 nitrogen and oxygen atoms in total. The number of hydrogen-bond acceptors (Lipinski definition) is 4. The minimum absolute atomic E-state index is 0.187. The summed E-state index contributed by atoms with van der Waals surface area (Å²) in [5.41, 5.74) is 1.75. The molecule has 0 spiro atoms. The number of pyridine rings is 1. The lowest BCUT2D eigenvalue weighted by Gasteiger charge is -2.12. The third-order valence-electron chi connectivity index (χ3n) is 4.72. The van der Waals surface area contributed by atoms with Crippen molar-refractivity contribution in [3.8, 4) is 5.88 Å². The molecule has 0 fully saturated rings. The average Bonchev–Trinajstić information content (AvgIpc) is 3.38. The highest BCUT2D eigenvalue weighted by Gasteiger charge is 2.22. The molecule has 4 rings (SSSR count). The van der Waals surface area contributed by atoms with Gasteiger partial charge in [-0.05, 0) is 24.6 Å². The molecule has 2 N–H and O–H groups in total. The van der Waals surface area contributed by atoms with Crippen LogP contribution in [0.15, 0.2) is 43.0 Å². The molecule has 4 aromatic rings. The molecule has 1 amide bonds. The van der Waals surface area contributed by atoms with Crippen LogP contribution in [0.2, 0.25) is 0 Å². The normalized spacial score (nSPS) is 12.3. The zero-order chi connectivity index (χ0) is 23.7. The number of alkyl halides is 3. The van der Waals surface area contributed by atoms with Crippen LogP contribution in [0.1, 0.15) is 21.5 Å². The fraction of sp³-hybridized carbons (Fsp3) is 0.190. The molecule has 33 heavy (non-hydrogen) atoms. The number of carbonyl (C=O) groups excluding carboxylic acids is 1. The van der Waals surface area contributed by atoms with E-state index >= 15 is 0 Å². The maximum absolute atomic E-state index is 13.5. The molecular weight excluding hydrogens is 449 g/mol. The summed E-state index contributed by atoms with van der Waals surface area (Å²) in [6.07, 6.45) is -0.551. The number of hydrogen-bond donors (Lipinski definition) is 2. The lowest BCUT2D eigenvalue weighted by molar-refractivity contribution is -0.0693. The molecule has 12 heteroatoms. The number of H-pyrrole nitrogens is 1. The first-order valence-electron chi connectivity index (χ1n) is 9.55. The van der Waals surface area contributed by atoms with Crippen LogP contribution in [-0.4, -0.2) is 38.4 Å². The number of halogens is 5. The number of aromatic amines is 1. The Bertz CT molecular complexity index is 1320. The van der Waals surface area contributed by atoms with Gasteiger partial charge in [-0.3, -0.25) is 9.48 Å². The standard InChI is InChI=1S/C21H16F5N5O2/c1-10-2-11(5-28-21(10)33-19(26)18(24)25)8-31-9-12(6-29-31)20(32)30-17-7-27-16-4-15(23)14(22)3-13(16)17/h2-7,9,18-19,27H,8H2,1H3,(H,30,32). The molecule has 3 heterocycles. The lowest BCUT2D eigenvalue weighted by Crippen LogP contribution is -2.20. The monoisotopic (exact) mass is 465 g/mol. The molecule has 1 aromatic carbocycles. The van der Waals surface area contributed by atoms with Gasteiger partial charge in [-0.15, -0.1) is 0 Å². The minimum Gasteiger partial charge on any atom is -0.437 e. The van der Waals surface area contributed by atoms with Gasteiger partial charge in [0.15, 0.2) is 11.6 Å². The summed E-state index contributed by atoms with van der Waals surface area (Å²) in [6, 6.07) is 3.54. The van der Waals surface area contributed by atoms with Gasteiger partial charge in [0, 0.05) is 35.6 Å². The zero-order valence-electron chi connectivity index (χ0n) is 17.0. The predicted molar refractivity (Wildman–Crippen MR) is 108 cm³/mol. The second-order valence-electron chi connectivity index (χ2n) is 7.16. The Labute approximate surface area is 183 Å². The maximum Gasteiger partial charge on any atom is 0.304 e. The Morgan fingerprint density at radius 1 is 1.18 bits per heavy atom. The average molecular weight is 465 g/mol. The maximum atomic E-state index is 13.5. The molecule has 0 aliphatic carbocycles. The molecule has 0 saturated carbocycles. The molecule has 1 unspecified atom stereocenters. The summed E-state index contributed by atoms with van der Waals surface area (Å²) in [5.74, 6) is -2.82. The Balaban J connectivity index is 1.44. The van der Waals surface area contributed by atoms with E-state index in [2.05, 4.69) is 25.1 Å². The smallest absolute Gasteiger partial charge is 0.304 e. The third-order valence-corrected chi connectivity index (χ3v) is 4.72. The second kappa shape index (κ2) is 8.88. The largest absolute Gasteiger partial charge is 0.437 e. The summed E-state index contributed by atoms with van der Waals surface area (Å²) >= 11 is 0. The van der Waals surface area contributed by atoms with Gasteiger partial charge in [-0.2, -0.15) is 9.49 Å². The van der Waals surface area contributed by atoms with Gasteiger partial charge in [0.1, 0.15) is 0 Å². The number of anilines is 1. The highest BCUT2D eigenvalue weighted by Crippen LogP contribution is 2.26. The summed E-state index contributed by atoms with van der Waals surface area (Å²) < 4.78 is 70.5. The van der Waals surface area contributed by atoms with Gasteiger partial charge >= 0.3 is 6.43 Å². The van der Waals surface area contributed by atoms with Gasteiger partial charge in [0.25, 0.3) is 12.3 Å². The van der Waals surface area contributed by atoms with Gasteiger partial charge in [0.2, 0.25) is 5.88 Å². The van der Waals surface area contributed by atoms with Gasteiger partial charge < -0.3 is 15.0 Å². The molecule has 3 aromatic heterocycles. The number of aryl methyl sites for hydroxylation is 1. The molecule has 0 bridgehead atoms. The van der Waals surface area contributed by atoms with E-state index in [-0.39, 0.29) is 23.7 Å². The van der Waals surface area contributed by atoms with Crippen LogP contribution in [0, 0.1) is 18.6 Å². The first-order chi connectivity index (χ1) is 15.7. The number of rotatable bonds is 7. The van der Waals surface area contributed by atoms with Crippen LogP contribution in [0.5, 0.6) is 5.88 Å². The number of amides is 1. The Hall–Kier alpha value is -3.96. The molecule has 0 aliphatic heterocycles. The lowest BCUT2D eigenvalue weighted by atomic mass is 10.2. The van der Waals surface area contributed by atoms with Crippen LogP contribution in [0.3, 0.4) is 0 Å². The van der Waals surface area contributed by atoms with E-state index in [0.717, 1.165) is 12.1 Å². The van der Waals surface area contributed by atoms with E-state index in [1.54, 1.807) is 6.07 Å². The van der Waals surface area contributed by atoms with Crippen molar-refractivity contribution >= 4 is 22.5 Å². The van der Waals surface area contributed by atoms with Crippen LogP contribution in [0.4, 0.5) is 27.6 Å². The van der Waals surface area contributed by atoms with E-state index in [4.69, 9.17) is 0 Å². The number of ether oxygens (including phenoxy) is 1. The predicted octanol–water partition coefficient (Wildman–Crippen LogP) is 4.59. The number of fused-ring (bicyclic) bond motifs is 1. The zero-order valence-corrected chi connectivity index (χ0v) is 17.0. The SMILES string of the molecule is Cc1cc(Cn2cc(C(=O)Nc3c[nH]c4cc(F)c(F)cc34)cn2)cnc1OC(F)C(F)F. The highest BCUT2D eigenvalue weighted by atomic mass is 19.3. The van der Waals surface area contributed by atoms with Crippen molar-refractivity contribution in [1.29, 1.82) is 0 Å². The summed E-state index contributed by atoms with van der Waals surface area (Å²) in [6.45, 7) is 1.72. The first-order valence-corrected chi connectivity index (χ1v) is 9.55.